The van der Waals surface area contributed by atoms with Crippen LogP contribution < -0.4 is 21.3 Å². The molecule has 1 saturated carbocycles. The molecule has 0 aromatic carbocycles. The second-order valence-corrected chi connectivity index (χ2v) is 16.7. The predicted molar refractivity (Wildman–Crippen MR) is 194 cm³/mol. The summed E-state index contributed by atoms with van der Waals surface area (Å²) < 4.78 is 0. The lowest BCUT2D eigenvalue weighted by molar-refractivity contribution is -0.143. The first kappa shape index (κ1) is 38.5. The van der Waals surface area contributed by atoms with Gasteiger partial charge in [0, 0.05) is 32.6 Å². The Labute approximate surface area is 303 Å². The average Bonchev–Trinajstić information content (AvgIpc) is 3.58. The minimum Gasteiger partial charge on any atom is -0.350 e. The largest absolute Gasteiger partial charge is 0.350 e. The van der Waals surface area contributed by atoms with Crippen LogP contribution in [-0.4, -0.2) is 95.6 Å². The SMILES string of the molecule is CCCCC(NC(=O)[C@@H]1C[C@@H](C)CN1C(=O)[C@@H](NC(=O)N[C@H](CN1CCCCC1=O)C(C)(C)C)C1CC2=C(C1)C1CC1C=C2)C(=O)C(=O)NCC. The number of carbonyl (C=O) groups is 6. The molecule has 4 unspecified atom stereocenters. The Kier molecular flexibility index (Phi) is 12.3. The number of unbranched alkanes of at least 4 members (excludes halogenated alkanes) is 1. The summed E-state index contributed by atoms with van der Waals surface area (Å²) >= 11 is 0. The summed E-state index contributed by atoms with van der Waals surface area (Å²) in [6, 6.07) is -3.53. The van der Waals surface area contributed by atoms with Gasteiger partial charge in [-0.25, -0.2) is 4.79 Å². The number of urea groups is 1. The van der Waals surface area contributed by atoms with Gasteiger partial charge in [-0.15, -0.1) is 0 Å². The van der Waals surface area contributed by atoms with Gasteiger partial charge >= 0.3 is 6.03 Å². The highest BCUT2D eigenvalue weighted by molar-refractivity contribution is 6.38. The monoisotopic (exact) mass is 708 g/mol. The zero-order chi connectivity index (χ0) is 37.0. The summed E-state index contributed by atoms with van der Waals surface area (Å²) in [5, 5.41) is 11.6. The number of likely N-dealkylation sites (N-methyl/N-ethyl adjacent to an activating group) is 1. The van der Waals surface area contributed by atoms with Crippen LogP contribution in [0.1, 0.15) is 106 Å². The van der Waals surface area contributed by atoms with Crippen LogP contribution in [0.25, 0.3) is 0 Å². The molecule has 2 saturated heterocycles. The summed E-state index contributed by atoms with van der Waals surface area (Å²) in [5.41, 5.74) is 2.28. The molecule has 3 fully saturated rings. The van der Waals surface area contributed by atoms with Gasteiger partial charge in [0.1, 0.15) is 12.1 Å². The molecule has 3 aliphatic carbocycles. The van der Waals surface area contributed by atoms with E-state index in [0.29, 0.717) is 76.5 Å². The standard InChI is InChI=1S/C39H60N6O6/c1-7-9-12-29(34(47)36(49)40-8-2)41-35(48)30-17-23(3)21-45(30)37(50)33(26-18-24-14-15-25-19-27(25)28(24)20-26)43-38(51)42-31(39(4,5)6)22-44-16-11-10-13-32(44)46/h14-15,23,25-27,29-31,33H,7-13,16-22H2,1-6H3,(H,40,49)(H,41,48)(H2,42,43,51)/t23-,25?,26?,27?,29?,30+,31-,33+/m1/s1. The molecular formula is C39H60N6O6. The van der Waals surface area contributed by atoms with Crippen LogP contribution in [0.3, 0.4) is 0 Å². The van der Waals surface area contributed by atoms with E-state index in [-0.39, 0.29) is 35.1 Å². The first-order valence-electron chi connectivity index (χ1n) is 19.4. The number of rotatable bonds is 14. The van der Waals surface area contributed by atoms with E-state index in [0.717, 1.165) is 25.7 Å². The molecule has 12 nitrogen and oxygen atoms in total. The van der Waals surface area contributed by atoms with Crippen LogP contribution >= 0.6 is 0 Å². The number of ketones is 1. The Bertz CT molecular complexity index is 1430. The normalized spacial score (nSPS) is 27.3. The van der Waals surface area contributed by atoms with Crippen molar-refractivity contribution in [3.63, 3.8) is 0 Å². The maximum absolute atomic E-state index is 14.7. The van der Waals surface area contributed by atoms with E-state index in [1.54, 1.807) is 11.8 Å². The quantitative estimate of drug-likeness (QED) is 0.202. The van der Waals surface area contributed by atoms with Crippen LogP contribution in [0, 0.1) is 29.1 Å². The van der Waals surface area contributed by atoms with E-state index < -0.39 is 41.8 Å². The van der Waals surface area contributed by atoms with Crippen molar-refractivity contribution < 1.29 is 28.8 Å². The van der Waals surface area contributed by atoms with E-state index in [1.807, 2.05) is 39.5 Å². The first-order chi connectivity index (χ1) is 24.2. The number of Topliss-reactive ketones (excluding diaryl/α,β-unsaturated/α-hetero) is 1. The van der Waals surface area contributed by atoms with Crippen molar-refractivity contribution in [3.05, 3.63) is 23.3 Å². The maximum atomic E-state index is 14.7. The van der Waals surface area contributed by atoms with Gasteiger partial charge in [-0.2, -0.15) is 0 Å². The van der Waals surface area contributed by atoms with Gasteiger partial charge < -0.3 is 31.1 Å². The molecule has 0 radical (unpaired) electrons. The lowest BCUT2D eigenvalue weighted by Crippen LogP contribution is -2.60. The van der Waals surface area contributed by atoms with Gasteiger partial charge in [0.25, 0.3) is 5.91 Å². The van der Waals surface area contributed by atoms with Gasteiger partial charge in [-0.05, 0) is 86.5 Å². The molecule has 2 heterocycles. The number of hydrogen-bond donors (Lipinski definition) is 4. The van der Waals surface area contributed by atoms with Crippen molar-refractivity contribution in [2.45, 2.75) is 130 Å². The van der Waals surface area contributed by atoms with E-state index in [2.05, 4.69) is 33.4 Å². The number of piperidine rings is 1. The van der Waals surface area contributed by atoms with E-state index in [9.17, 15) is 28.8 Å². The van der Waals surface area contributed by atoms with Crippen molar-refractivity contribution in [1.82, 2.24) is 31.1 Å². The highest BCUT2D eigenvalue weighted by Gasteiger charge is 2.49. The number of nitrogens with zero attached hydrogens (tertiary/aromatic N) is 2. The molecule has 8 atom stereocenters. The van der Waals surface area contributed by atoms with Crippen LogP contribution in [0.4, 0.5) is 4.79 Å². The first-order valence-corrected chi connectivity index (χ1v) is 19.4. The minimum absolute atomic E-state index is 0.0183. The smallest absolute Gasteiger partial charge is 0.315 e. The molecule has 5 rings (SSSR count). The van der Waals surface area contributed by atoms with Gasteiger partial charge in [-0.3, -0.25) is 24.0 Å². The molecule has 6 amide bonds. The Morgan fingerprint density at radius 1 is 1.00 bits per heavy atom. The third-order valence-electron chi connectivity index (χ3n) is 11.5. The Hall–Kier alpha value is -3.70. The van der Waals surface area contributed by atoms with Crippen LogP contribution in [0.15, 0.2) is 23.3 Å². The van der Waals surface area contributed by atoms with Crippen LogP contribution in [0.5, 0.6) is 0 Å². The number of likely N-dealkylation sites (tertiary alicyclic amines) is 2. The fourth-order valence-electron chi connectivity index (χ4n) is 8.37. The zero-order valence-corrected chi connectivity index (χ0v) is 31.5. The summed E-state index contributed by atoms with van der Waals surface area (Å²) in [7, 11) is 0. The Morgan fingerprint density at radius 3 is 2.45 bits per heavy atom. The van der Waals surface area contributed by atoms with Crippen molar-refractivity contribution in [1.29, 1.82) is 0 Å². The number of fused-ring (bicyclic) bond motifs is 2. The highest BCUT2D eigenvalue weighted by atomic mass is 16.2. The molecule has 51 heavy (non-hydrogen) atoms. The van der Waals surface area contributed by atoms with E-state index >= 15 is 0 Å². The lowest BCUT2D eigenvalue weighted by atomic mass is 9.86. The number of allylic oxidation sites excluding steroid dienone is 4. The van der Waals surface area contributed by atoms with Crippen molar-refractivity contribution in [2.75, 3.05) is 26.2 Å². The Balaban J connectivity index is 1.35. The number of amides is 6. The fourth-order valence-corrected chi connectivity index (χ4v) is 8.37. The summed E-state index contributed by atoms with van der Waals surface area (Å²) in [6.45, 7) is 13.5. The molecule has 12 heteroatoms. The van der Waals surface area contributed by atoms with Gasteiger partial charge in [0.2, 0.25) is 23.5 Å². The van der Waals surface area contributed by atoms with E-state index in [1.165, 1.54) is 11.1 Å². The topological polar surface area (TPSA) is 157 Å². The minimum atomic E-state index is -0.985. The highest BCUT2D eigenvalue weighted by Crippen LogP contribution is 2.55. The molecule has 0 spiro atoms. The number of hydrogen-bond acceptors (Lipinski definition) is 6. The molecule has 282 valence electrons. The zero-order valence-electron chi connectivity index (χ0n) is 31.5. The molecule has 5 aliphatic rings. The summed E-state index contributed by atoms with van der Waals surface area (Å²) in [5.74, 6) is -1.17. The van der Waals surface area contributed by atoms with Crippen molar-refractivity contribution >= 4 is 35.4 Å². The summed E-state index contributed by atoms with van der Waals surface area (Å²) in [6.07, 6.45) is 11.4. The maximum Gasteiger partial charge on any atom is 0.315 e. The Morgan fingerprint density at radius 2 is 1.76 bits per heavy atom. The molecular weight excluding hydrogens is 648 g/mol. The lowest BCUT2D eigenvalue weighted by Gasteiger charge is -2.38. The van der Waals surface area contributed by atoms with E-state index in [4.69, 9.17) is 0 Å². The fraction of sp³-hybridized carbons (Fsp3) is 0.744. The van der Waals surface area contributed by atoms with Gasteiger partial charge in [-0.1, -0.05) is 65.2 Å². The molecule has 0 aromatic heterocycles. The summed E-state index contributed by atoms with van der Waals surface area (Å²) in [4.78, 5) is 84.2. The molecule has 0 aromatic rings. The van der Waals surface area contributed by atoms with Crippen molar-refractivity contribution in [3.8, 4) is 0 Å². The molecule has 4 N–H and O–H groups in total. The second-order valence-electron chi connectivity index (χ2n) is 16.7. The van der Waals surface area contributed by atoms with Crippen molar-refractivity contribution in [2.24, 2.45) is 29.1 Å². The van der Waals surface area contributed by atoms with Crippen LogP contribution in [-0.2, 0) is 24.0 Å². The second kappa shape index (κ2) is 16.3. The number of carbonyl (C=O) groups excluding carboxylic acids is 6. The molecule has 2 aliphatic heterocycles. The third kappa shape index (κ3) is 9.21. The third-order valence-corrected chi connectivity index (χ3v) is 11.5. The average molecular weight is 709 g/mol. The number of nitrogens with one attached hydrogen (secondary N) is 4. The molecule has 0 bridgehead atoms. The van der Waals surface area contributed by atoms with Gasteiger partial charge in [0.05, 0.1) is 12.1 Å². The van der Waals surface area contributed by atoms with Gasteiger partial charge in [0.15, 0.2) is 0 Å². The predicted octanol–water partition coefficient (Wildman–Crippen LogP) is 3.61. The van der Waals surface area contributed by atoms with Crippen LogP contribution in [0.2, 0.25) is 0 Å².